The second-order valence-electron chi connectivity index (χ2n) is 3.76. The van der Waals surface area contributed by atoms with Crippen LogP contribution >= 0.6 is 0 Å². The Bertz CT molecular complexity index is 390. The third-order valence-corrected chi connectivity index (χ3v) is 2.34. The van der Waals surface area contributed by atoms with Crippen molar-refractivity contribution in [2.24, 2.45) is 5.73 Å². The van der Waals surface area contributed by atoms with E-state index >= 15 is 0 Å². The van der Waals surface area contributed by atoms with Crippen LogP contribution in [0, 0.1) is 0 Å². The summed E-state index contributed by atoms with van der Waals surface area (Å²) < 4.78 is 0. The van der Waals surface area contributed by atoms with Crippen LogP contribution in [0.2, 0.25) is 0 Å². The molecule has 2 unspecified atom stereocenters. The summed E-state index contributed by atoms with van der Waals surface area (Å²) in [4.78, 5) is 23.2. The maximum Gasteiger partial charge on any atom is 0.246 e. The van der Waals surface area contributed by atoms with Gasteiger partial charge in [0.2, 0.25) is 11.8 Å². The van der Waals surface area contributed by atoms with Crippen molar-refractivity contribution in [1.82, 2.24) is 10.6 Å². The number of nitrogens with two attached hydrogens (primary N) is 1. The molecule has 1 rings (SSSR count). The van der Waals surface area contributed by atoms with Gasteiger partial charge in [0.1, 0.15) is 6.04 Å². The van der Waals surface area contributed by atoms with E-state index in [-0.39, 0.29) is 11.8 Å². The van der Waals surface area contributed by atoms with Gasteiger partial charge in [0.25, 0.3) is 0 Å². The van der Waals surface area contributed by atoms with Crippen LogP contribution in [0.1, 0.15) is 18.5 Å². The molecule has 0 heterocycles. The molecule has 92 valence electrons. The molecular formula is C12H17N3O2. The number of likely N-dealkylation sites (N-methyl/N-ethyl adjacent to an activating group) is 1. The number of amides is 2. The number of carbonyl (C=O) groups excluding carboxylic acids is 2. The molecule has 4 N–H and O–H groups in total. The number of nitrogens with one attached hydrogen (secondary N) is 2. The maximum absolute atomic E-state index is 11.7. The van der Waals surface area contributed by atoms with Crippen molar-refractivity contribution < 1.29 is 9.59 Å². The van der Waals surface area contributed by atoms with Gasteiger partial charge in [0, 0.05) is 7.05 Å². The first kappa shape index (κ1) is 13.2. The van der Waals surface area contributed by atoms with Crippen LogP contribution < -0.4 is 16.4 Å². The molecule has 1 aromatic rings. The van der Waals surface area contributed by atoms with Crippen molar-refractivity contribution in [3.8, 4) is 0 Å². The fourth-order valence-electron chi connectivity index (χ4n) is 1.36. The van der Waals surface area contributed by atoms with Crippen LogP contribution in [0.5, 0.6) is 0 Å². The maximum atomic E-state index is 11.7. The summed E-state index contributed by atoms with van der Waals surface area (Å²) in [6.45, 7) is 1.57. The lowest BCUT2D eigenvalue weighted by atomic mass is 10.1. The average molecular weight is 235 g/mol. The SMILES string of the molecule is CNC(=O)C(NC(=O)C(C)N)c1ccccc1. The normalized spacial score (nSPS) is 13.6. The minimum Gasteiger partial charge on any atom is -0.357 e. The number of carbonyl (C=O) groups is 2. The molecule has 0 radical (unpaired) electrons. The summed E-state index contributed by atoms with van der Waals surface area (Å²) in [7, 11) is 1.52. The lowest BCUT2D eigenvalue weighted by Gasteiger charge is -2.18. The first-order valence-corrected chi connectivity index (χ1v) is 5.38. The van der Waals surface area contributed by atoms with Crippen molar-refractivity contribution >= 4 is 11.8 Å². The van der Waals surface area contributed by atoms with Crippen molar-refractivity contribution in [3.05, 3.63) is 35.9 Å². The summed E-state index contributed by atoms with van der Waals surface area (Å²) >= 11 is 0. The largest absolute Gasteiger partial charge is 0.357 e. The van der Waals surface area contributed by atoms with Gasteiger partial charge < -0.3 is 16.4 Å². The van der Waals surface area contributed by atoms with E-state index in [4.69, 9.17) is 5.73 Å². The minimum atomic E-state index is -0.709. The zero-order chi connectivity index (χ0) is 12.8. The molecule has 5 heteroatoms. The summed E-state index contributed by atoms with van der Waals surface area (Å²) in [6.07, 6.45) is 0. The molecule has 0 fully saturated rings. The summed E-state index contributed by atoms with van der Waals surface area (Å²) in [6, 6.07) is 7.67. The van der Waals surface area contributed by atoms with Gasteiger partial charge in [-0.2, -0.15) is 0 Å². The minimum absolute atomic E-state index is 0.273. The topological polar surface area (TPSA) is 84.2 Å². The van der Waals surface area contributed by atoms with E-state index in [0.717, 1.165) is 5.56 Å². The van der Waals surface area contributed by atoms with E-state index in [1.807, 2.05) is 18.2 Å². The zero-order valence-electron chi connectivity index (χ0n) is 9.94. The van der Waals surface area contributed by atoms with E-state index < -0.39 is 12.1 Å². The van der Waals surface area contributed by atoms with Gasteiger partial charge in [0.05, 0.1) is 6.04 Å². The summed E-state index contributed by atoms with van der Waals surface area (Å²) in [5.41, 5.74) is 6.18. The van der Waals surface area contributed by atoms with Crippen molar-refractivity contribution in [1.29, 1.82) is 0 Å². The van der Waals surface area contributed by atoms with Gasteiger partial charge in [-0.3, -0.25) is 9.59 Å². The Kier molecular flexibility index (Phi) is 4.66. The van der Waals surface area contributed by atoms with E-state index in [2.05, 4.69) is 10.6 Å². The standard InChI is InChI=1S/C12H17N3O2/c1-8(13)11(16)15-10(12(17)14-2)9-6-4-3-5-7-9/h3-8,10H,13H2,1-2H3,(H,14,17)(H,15,16). The molecule has 0 aromatic heterocycles. The van der Waals surface area contributed by atoms with Gasteiger partial charge in [0.15, 0.2) is 0 Å². The van der Waals surface area contributed by atoms with Crippen LogP contribution in [0.25, 0.3) is 0 Å². The van der Waals surface area contributed by atoms with Crippen LogP contribution in [0.3, 0.4) is 0 Å². The molecule has 0 saturated carbocycles. The van der Waals surface area contributed by atoms with Gasteiger partial charge in [-0.25, -0.2) is 0 Å². The number of hydrogen-bond donors (Lipinski definition) is 3. The monoisotopic (exact) mass is 235 g/mol. The van der Waals surface area contributed by atoms with Gasteiger partial charge in [-0.1, -0.05) is 30.3 Å². The quantitative estimate of drug-likeness (QED) is 0.683. The Balaban J connectivity index is 2.90. The van der Waals surface area contributed by atoms with Crippen LogP contribution in [0.15, 0.2) is 30.3 Å². The van der Waals surface area contributed by atoms with E-state index in [9.17, 15) is 9.59 Å². The van der Waals surface area contributed by atoms with Gasteiger partial charge in [-0.05, 0) is 12.5 Å². The molecule has 0 aliphatic carbocycles. The molecule has 1 aromatic carbocycles. The first-order valence-electron chi connectivity index (χ1n) is 5.38. The summed E-state index contributed by atoms with van der Waals surface area (Å²) in [5.74, 6) is -0.632. The predicted octanol–water partition coefficient (Wildman–Crippen LogP) is -0.0629. The molecule has 0 bridgehead atoms. The van der Waals surface area contributed by atoms with E-state index in [1.165, 1.54) is 7.05 Å². The summed E-state index contributed by atoms with van der Waals surface area (Å²) in [5, 5.41) is 5.12. The van der Waals surface area contributed by atoms with Crippen LogP contribution in [0.4, 0.5) is 0 Å². The molecule has 0 aliphatic heterocycles. The number of hydrogen-bond acceptors (Lipinski definition) is 3. The second-order valence-corrected chi connectivity index (χ2v) is 3.76. The number of benzene rings is 1. The predicted molar refractivity (Wildman–Crippen MR) is 65.0 cm³/mol. The average Bonchev–Trinajstić information content (AvgIpc) is 2.35. The first-order chi connectivity index (χ1) is 8.06. The fourth-order valence-corrected chi connectivity index (χ4v) is 1.36. The van der Waals surface area contributed by atoms with Crippen molar-refractivity contribution in [3.63, 3.8) is 0 Å². The zero-order valence-corrected chi connectivity index (χ0v) is 9.94. The molecule has 5 nitrogen and oxygen atoms in total. The second kappa shape index (κ2) is 6.00. The van der Waals surface area contributed by atoms with Crippen molar-refractivity contribution in [2.75, 3.05) is 7.05 Å². The Labute approximate surface area is 100 Å². The van der Waals surface area contributed by atoms with Gasteiger partial charge >= 0.3 is 0 Å². The highest BCUT2D eigenvalue weighted by Crippen LogP contribution is 2.12. The number of rotatable bonds is 4. The molecule has 0 saturated heterocycles. The molecule has 17 heavy (non-hydrogen) atoms. The lowest BCUT2D eigenvalue weighted by molar-refractivity contribution is -0.129. The molecule has 0 aliphatic rings. The lowest BCUT2D eigenvalue weighted by Crippen LogP contribution is -2.45. The fraction of sp³-hybridized carbons (Fsp3) is 0.333. The Hall–Kier alpha value is -1.88. The molecule has 2 amide bonds. The third-order valence-electron chi connectivity index (χ3n) is 2.34. The van der Waals surface area contributed by atoms with E-state index in [1.54, 1.807) is 19.1 Å². The third kappa shape index (κ3) is 3.57. The Morgan fingerprint density at radius 3 is 2.24 bits per heavy atom. The van der Waals surface area contributed by atoms with Crippen molar-refractivity contribution in [2.45, 2.75) is 19.0 Å². The Morgan fingerprint density at radius 1 is 1.18 bits per heavy atom. The molecule has 2 atom stereocenters. The van der Waals surface area contributed by atoms with Crippen LogP contribution in [-0.2, 0) is 9.59 Å². The Morgan fingerprint density at radius 2 is 1.76 bits per heavy atom. The van der Waals surface area contributed by atoms with Gasteiger partial charge in [-0.15, -0.1) is 0 Å². The highest BCUT2D eigenvalue weighted by molar-refractivity contribution is 5.90. The van der Waals surface area contributed by atoms with Crippen LogP contribution in [-0.4, -0.2) is 24.9 Å². The molecular weight excluding hydrogens is 218 g/mol. The highest BCUT2D eigenvalue weighted by Gasteiger charge is 2.22. The molecule has 0 spiro atoms. The van der Waals surface area contributed by atoms with E-state index in [0.29, 0.717) is 0 Å². The highest BCUT2D eigenvalue weighted by atomic mass is 16.2. The smallest absolute Gasteiger partial charge is 0.246 e.